The van der Waals surface area contributed by atoms with E-state index in [2.05, 4.69) is 4.98 Å². The Hall–Kier alpha value is -2.88. The summed E-state index contributed by atoms with van der Waals surface area (Å²) in [5.74, 6) is -0.326. The number of H-pyrrole nitrogens is 1. The minimum absolute atomic E-state index is 0.139. The maximum atomic E-state index is 12.5. The minimum atomic E-state index is -0.374. The molecular weight excluding hydrogens is 264 g/mol. The number of amides is 1. The number of hydrogen-bond acceptors (Lipinski definition) is 2. The predicted molar refractivity (Wildman–Crippen MR) is 83.7 cm³/mol. The van der Waals surface area contributed by atoms with E-state index in [0.717, 1.165) is 16.6 Å². The number of nitrogens with zero attached hydrogens (tertiary/aromatic N) is 1. The molecule has 4 nitrogen and oxygen atoms in total. The Morgan fingerprint density at radius 2 is 1.67 bits per heavy atom. The molecule has 1 amide bonds. The van der Waals surface area contributed by atoms with Crippen LogP contribution in [-0.4, -0.2) is 17.9 Å². The van der Waals surface area contributed by atoms with Crippen LogP contribution in [0.4, 0.5) is 5.69 Å². The molecule has 0 aliphatic rings. The van der Waals surface area contributed by atoms with Crippen LogP contribution in [0.15, 0.2) is 65.5 Å². The highest BCUT2D eigenvalue weighted by Gasteiger charge is 2.17. The van der Waals surface area contributed by atoms with Crippen LogP contribution in [0.1, 0.15) is 10.4 Å². The average molecular weight is 278 g/mol. The van der Waals surface area contributed by atoms with Crippen LogP contribution in [0.5, 0.6) is 0 Å². The molecule has 3 aromatic rings. The Kier molecular flexibility index (Phi) is 3.28. The fraction of sp³-hybridized carbons (Fsp3) is 0.0588. The Morgan fingerprint density at radius 1 is 1.00 bits per heavy atom. The number of carbonyl (C=O) groups is 1. The number of benzene rings is 2. The van der Waals surface area contributed by atoms with Gasteiger partial charge in [0, 0.05) is 18.3 Å². The number of rotatable bonds is 2. The summed E-state index contributed by atoms with van der Waals surface area (Å²) in [4.78, 5) is 28.8. The standard InChI is InChI=1S/C17H14N2O2/c1-19(13-8-3-2-4-9-13)17(21)14-11-12-7-5-6-10-15(12)18-16(14)20/h2-11H,1H3,(H,18,20). The first-order chi connectivity index (χ1) is 10.2. The van der Waals surface area contributed by atoms with Gasteiger partial charge in [0.05, 0.1) is 0 Å². The zero-order valence-corrected chi connectivity index (χ0v) is 11.5. The molecule has 0 atom stereocenters. The molecule has 0 aliphatic carbocycles. The van der Waals surface area contributed by atoms with Crippen molar-refractivity contribution in [2.24, 2.45) is 0 Å². The molecule has 0 fully saturated rings. The van der Waals surface area contributed by atoms with Gasteiger partial charge in [-0.2, -0.15) is 0 Å². The molecular formula is C17H14N2O2. The zero-order valence-electron chi connectivity index (χ0n) is 11.5. The maximum Gasteiger partial charge on any atom is 0.263 e. The molecule has 3 rings (SSSR count). The fourth-order valence-corrected chi connectivity index (χ4v) is 2.26. The summed E-state index contributed by atoms with van der Waals surface area (Å²) >= 11 is 0. The van der Waals surface area contributed by atoms with Gasteiger partial charge in [-0.3, -0.25) is 9.59 Å². The summed E-state index contributed by atoms with van der Waals surface area (Å²) in [6.45, 7) is 0. The minimum Gasteiger partial charge on any atom is -0.321 e. The highest BCUT2D eigenvalue weighted by Crippen LogP contribution is 2.15. The van der Waals surface area contributed by atoms with Crippen LogP contribution in [-0.2, 0) is 0 Å². The number of aromatic nitrogens is 1. The smallest absolute Gasteiger partial charge is 0.263 e. The molecule has 0 aliphatic heterocycles. The van der Waals surface area contributed by atoms with Crippen molar-refractivity contribution in [2.75, 3.05) is 11.9 Å². The molecule has 0 unspecified atom stereocenters. The number of pyridine rings is 1. The van der Waals surface area contributed by atoms with Gasteiger partial charge in [-0.1, -0.05) is 36.4 Å². The number of hydrogen-bond donors (Lipinski definition) is 1. The van der Waals surface area contributed by atoms with E-state index in [-0.39, 0.29) is 17.0 Å². The van der Waals surface area contributed by atoms with Crippen LogP contribution >= 0.6 is 0 Å². The molecule has 1 aromatic heterocycles. The summed E-state index contributed by atoms with van der Waals surface area (Å²) in [5, 5.41) is 0.835. The topological polar surface area (TPSA) is 53.2 Å². The van der Waals surface area contributed by atoms with Gasteiger partial charge in [-0.05, 0) is 29.7 Å². The number of fused-ring (bicyclic) bond motifs is 1. The van der Waals surface area contributed by atoms with Gasteiger partial charge in [-0.15, -0.1) is 0 Å². The van der Waals surface area contributed by atoms with Gasteiger partial charge in [0.15, 0.2) is 0 Å². The van der Waals surface area contributed by atoms with E-state index in [1.54, 1.807) is 13.1 Å². The highest BCUT2D eigenvalue weighted by atomic mass is 16.2. The predicted octanol–water partition coefficient (Wildman–Crippen LogP) is 2.80. The van der Waals surface area contributed by atoms with Crippen molar-refractivity contribution in [1.29, 1.82) is 0 Å². The van der Waals surface area contributed by atoms with Crippen LogP contribution in [0.3, 0.4) is 0 Å². The van der Waals surface area contributed by atoms with Crippen molar-refractivity contribution in [1.82, 2.24) is 4.98 Å². The number of aromatic amines is 1. The summed E-state index contributed by atoms with van der Waals surface area (Å²) in [7, 11) is 1.66. The molecule has 1 heterocycles. The summed E-state index contributed by atoms with van der Waals surface area (Å²) < 4.78 is 0. The Labute approximate surface area is 121 Å². The molecule has 0 radical (unpaired) electrons. The maximum absolute atomic E-state index is 12.5. The SMILES string of the molecule is CN(C(=O)c1cc2ccccc2[nH]c1=O)c1ccccc1. The second kappa shape index (κ2) is 5.25. The third-order valence-electron chi connectivity index (χ3n) is 3.43. The van der Waals surface area contributed by atoms with E-state index < -0.39 is 0 Å². The lowest BCUT2D eigenvalue weighted by molar-refractivity contribution is 0.0991. The molecule has 0 bridgehead atoms. The van der Waals surface area contributed by atoms with Crippen LogP contribution in [0, 0.1) is 0 Å². The number of nitrogens with one attached hydrogen (secondary N) is 1. The van der Waals surface area contributed by atoms with Gasteiger partial charge in [0.1, 0.15) is 5.56 Å². The van der Waals surface area contributed by atoms with Gasteiger partial charge in [0.2, 0.25) is 0 Å². The summed E-state index contributed by atoms with van der Waals surface area (Å²) in [6.07, 6.45) is 0. The first-order valence-electron chi connectivity index (χ1n) is 6.62. The Bertz CT molecular complexity index is 853. The van der Waals surface area contributed by atoms with Gasteiger partial charge >= 0.3 is 0 Å². The second-order valence-electron chi connectivity index (χ2n) is 4.80. The molecule has 1 N–H and O–H groups in total. The van der Waals surface area contributed by atoms with Crippen LogP contribution < -0.4 is 10.5 Å². The van der Waals surface area contributed by atoms with Gasteiger partial charge in [0.25, 0.3) is 11.5 Å². The summed E-state index contributed by atoms with van der Waals surface area (Å²) in [5.41, 5.74) is 1.23. The third-order valence-corrected chi connectivity index (χ3v) is 3.43. The zero-order chi connectivity index (χ0) is 14.8. The first-order valence-corrected chi connectivity index (χ1v) is 6.62. The number of carbonyl (C=O) groups excluding carboxylic acids is 1. The van der Waals surface area contributed by atoms with Crippen LogP contribution in [0.25, 0.3) is 10.9 Å². The molecule has 0 saturated carbocycles. The normalized spacial score (nSPS) is 10.5. The first kappa shape index (κ1) is 13.1. The molecule has 2 aromatic carbocycles. The van der Waals surface area contributed by atoms with Crippen molar-refractivity contribution < 1.29 is 4.79 Å². The molecule has 0 saturated heterocycles. The van der Waals surface area contributed by atoms with Crippen LogP contribution in [0.2, 0.25) is 0 Å². The van der Waals surface area contributed by atoms with Crippen molar-refractivity contribution in [3.05, 3.63) is 76.6 Å². The van der Waals surface area contributed by atoms with E-state index in [9.17, 15) is 9.59 Å². The number of anilines is 1. The fourth-order valence-electron chi connectivity index (χ4n) is 2.26. The molecule has 21 heavy (non-hydrogen) atoms. The lowest BCUT2D eigenvalue weighted by Crippen LogP contribution is -2.31. The van der Waals surface area contributed by atoms with Gasteiger partial charge in [-0.25, -0.2) is 0 Å². The van der Waals surface area contributed by atoms with E-state index in [4.69, 9.17) is 0 Å². The molecule has 104 valence electrons. The van der Waals surface area contributed by atoms with E-state index >= 15 is 0 Å². The van der Waals surface area contributed by atoms with E-state index in [1.165, 1.54) is 4.90 Å². The lowest BCUT2D eigenvalue weighted by atomic mass is 10.1. The lowest BCUT2D eigenvalue weighted by Gasteiger charge is -2.17. The quantitative estimate of drug-likeness (QED) is 0.783. The monoisotopic (exact) mass is 278 g/mol. The third kappa shape index (κ3) is 2.43. The van der Waals surface area contributed by atoms with Gasteiger partial charge < -0.3 is 9.88 Å². The second-order valence-corrected chi connectivity index (χ2v) is 4.80. The number of para-hydroxylation sites is 2. The largest absolute Gasteiger partial charge is 0.321 e. The van der Waals surface area contributed by atoms with Crippen molar-refractivity contribution in [3.63, 3.8) is 0 Å². The average Bonchev–Trinajstić information content (AvgIpc) is 2.53. The Morgan fingerprint density at radius 3 is 2.43 bits per heavy atom. The highest BCUT2D eigenvalue weighted by molar-refractivity contribution is 6.07. The summed E-state index contributed by atoms with van der Waals surface area (Å²) in [6, 6.07) is 18.3. The Balaban J connectivity index is 2.06. The molecule has 4 heteroatoms. The van der Waals surface area contributed by atoms with E-state index in [0.29, 0.717) is 0 Å². The van der Waals surface area contributed by atoms with Crippen molar-refractivity contribution in [2.45, 2.75) is 0 Å². The van der Waals surface area contributed by atoms with Crippen molar-refractivity contribution in [3.8, 4) is 0 Å². The van der Waals surface area contributed by atoms with Crippen molar-refractivity contribution >= 4 is 22.5 Å². The van der Waals surface area contributed by atoms with E-state index in [1.807, 2.05) is 54.6 Å². The molecule has 0 spiro atoms.